The second-order valence-corrected chi connectivity index (χ2v) is 11.9. The Labute approximate surface area is 258 Å². The average molecular weight is 564 g/mol. The molecule has 0 spiro atoms. The van der Waals surface area contributed by atoms with E-state index in [2.05, 4.69) is 5.32 Å². The number of carboxylic acid groups (broad SMARTS) is 1. The SMILES string of the molecule is CSCCC(NC(=O)c1ccc(CO[C@H](COC(C)C)CC2CCCCC2)cc1-c1ccccc1C)C(=O)O.[H-].[Li+]. The number of thioether (sulfide) groups is 1. The Balaban J connectivity index is 0.00000420. The minimum atomic E-state index is -1.02. The van der Waals surface area contributed by atoms with Gasteiger partial charge in [-0.2, -0.15) is 11.8 Å². The molecular formula is C32H46LiNO5S. The molecule has 0 heterocycles. The summed E-state index contributed by atoms with van der Waals surface area (Å²) < 4.78 is 12.4. The Morgan fingerprint density at radius 1 is 1.07 bits per heavy atom. The molecule has 1 unspecified atom stereocenters. The van der Waals surface area contributed by atoms with Crippen molar-refractivity contribution in [3.05, 3.63) is 59.2 Å². The van der Waals surface area contributed by atoms with Gasteiger partial charge in [-0.3, -0.25) is 4.79 Å². The van der Waals surface area contributed by atoms with Gasteiger partial charge in [-0.25, -0.2) is 4.79 Å². The molecule has 1 amide bonds. The van der Waals surface area contributed by atoms with Crippen LogP contribution in [0.4, 0.5) is 0 Å². The van der Waals surface area contributed by atoms with E-state index in [4.69, 9.17) is 9.47 Å². The zero-order valence-corrected chi connectivity index (χ0v) is 25.7. The van der Waals surface area contributed by atoms with Crippen molar-refractivity contribution in [1.82, 2.24) is 5.32 Å². The molecule has 0 radical (unpaired) electrons. The van der Waals surface area contributed by atoms with Gasteiger partial charge < -0.3 is 21.3 Å². The average Bonchev–Trinajstić information content (AvgIpc) is 2.93. The monoisotopic (exact) mass is 563 g/mol. The van der Waals surface area contributed by atoms with E-state index in [9.17, 15) is 14.7 Å². The van der Waals surface area contributed by atoms with Gasteiger partial charge in [0.25, 0.3) is 5.91 Å². The molecule has 0 aromatic heterocycles. The fourth-order valence-electron chi connectivity index (χ4n) is 5.20. The molecule has 0 aliphatic heterocycles. The van der Waals surface area contributed by atoms with E-state index in [0.717, 1.165) is 28.7 Å². The number of nitrogens with one attached hydrogen (secondary N) is 1. The fourth-order valence-corrected chi connectivity index (χ4v) is 5.67. The third-order valence-electron chi connectivity index (χ3n) is 7.40. The zero-order valence-electron chi connectivity index (χ0n) is 25.9. The second-order valence-electron chi connectivity index (χ2n) is 10.9. The van der Waals surface area contributed by atoms with E-state index in [1.807, 2.05) is 63.4 Å². The van der Waals surface area contributed by atoms with Gasteiger partial charge in [0.05, 0.1) is 25.4 Å². The molecule has 1 aliphatic carbocycles. The van der Waals surface area contributed by atoms with Crippen molar-refractivity contribution in [2.24, 2.45) is 5.92 Å². The first-order valence-electron chi connectivity index (χ1n) is 14.2. The molecule has 6 nitrogen and oxygen atoms in total. The molecule has 0 saturated heterocycles. The van der Waals surface area contributed by atoms with Crippen molar-refractivity contribution >= 4 is 23.6 Å². The van der Waals surface area contributed by atoms with Crippen molar-refractivity contribution in [2.45, 2.75) is 90.6 Å². The maximum absolute atomic E-state index is 13.3. The van der Waals surface area contributed by atoms with Crippen LogP contribution in [0.5, 0.6) is 0 Å². The van der Waals surface area contributed by atoms with E-state index in [1.165, 1.54) is 32.1 Å². The summed E-state index contributed by atoms with van der Waals surface area (Å²) >= 11 is 1.56. The Hall–Kier alpha value is -1.75. The summed E-state index contributed by atoms with van der Waals surface area (Å²) in [6.07, 6.45) is 9.92. The van der Waals surface area contributed by atoms with E-state index in [1.54, 1.807) is 17.8 Å². The van der Waals surface area contributed by atoms with Crippen LogP contribution in [0.25, 0.3) is 11.1 Å². The molecule has 1 saturated carbocycles. The van der Waals surface area contributed by atoms with Crippen molar-refractivity contribution in [3.63, 3.8) is 0 Å². The van der Waals surface area contributed by atoms with Crippen LogP contribution in [0, 0.1) is 12.8 Å². The van der Waals surface area contributed by atoms with E-state index in [0.29, 0.717) is 36.9 Å². The molecule has 2 aromatic rings. The van der Waals surface area contributed by atoms with Gasteiger partial charge in [-0.1, -0.05) is 62.4 Å². The molecule has 2 atom stereocenters. The van der Waals surface area contributed by atoms with Gasteiger partial charge in [-0.05, 0) is 85.9 Å². The number of aliphatic carboxylic acids is 1. The van der Waals surface area contributed by atoms with Crippen LogP contribution in [0.2, 0.25) is 0 Å². The first-order valence-corrected chi connectivity index (χ1v) is 15.6. The van der Waals surface area contributed by atoms with Crippen molar-refractivity contribution in [3.8, 4) is 11.1 Å². The normalized spacial score (nSPS) is 15.3. The predicted molar refractivity (Wildman–Crippen MR) is 160 cm³/mol. The Morgan fingerprint density at radius 3 is 2.45 bits per heavy atom. The Morgan fingerprint density at radius 2 is 1.80 bits per heavy atom. The maximum Gasteiger partial charge on any atom is 1.00 e. The van der Waals surface area contributed by atoms with Gasteiger partial charge in [0.15, 0.2) is 0 Å². The van der Waals surface area contributed by atoms with Gasteiger partial charge >= 0.3 is 24.8 Å². The van der Waals surface area contributed by atoms with Crippen molar-refractivity contribution < 1.29 is 44.5 Å². The van der Waals surface area contributed by atoms with Crippen LogP contribution >= 0.6 is 11.8 Å². The van der Waals surface area contributed by atoms with E-state index in [-0.39, 0.29) is 38.4 Å². The van der Waals surface area contributed by atoms with Gasteiger partial charge in [0, 0.05) is 5.56 Å². The standard InChI is InChI=1S/C32H45NO5S.Li.H/c1-22(2)37-21-26(18-24-11-6-5-7-12-24)38-20-25-14-15-28(29(19-25)27-13-9-8-10-23(27)3)31(34)33-30(32(35)36)16-17-39-4;;/h8-10,13-15,19,22,24,26,30H,5-7,11-12,16-18,20-21H2,1-4H3,(H,33,34)(H,35,36);;/q;+1;-1/t26-,30?;;/m0../s1. The molecule has 3 rings (SSSR count). The first kappa shape index (κ1) is 34.4. The maximum atomic E-state index is 13.3. The van der Waals surface area contributed by atoms with E-state index >= 15 is 0 Å². The molecule has 2 N–H and O–H groups in total. The van der Waals surface area contributed by atoms with Gasteiger partial charge in [0.2, 0.25) is 0 Å². The molecule has 0 bridgehead atoms. The summed E-state index contributed by atoms with van der Waals surface area (Å²) in [7, 11) is 0. The number of carbonyl (C=O) groups is 2. The number of hydrogen-bond donors (Lipinski definition) is 2. The molecule has 1 aliphatic rings. The third kappa shape index (κ3) is 10.9. The predicted octanol–water partition coefficient (Wildman–Crippen LogP) is 4.00. The van der Waals surface area contributed by atoms with Gasteiger partial charge in [0.1, 0.15) is 6.04 Å². The number of hydrogen-bond acceptors (Lipinski definition) is 5. The van der Waals surface area contributed by atoms with Crippen LogP contribution in [-0.2, 0) is 20.9 Å². The van der Waals surface area contributed by atoms with Crippen LogP contribution in [-0.4, -0.2) is 53.8 Å². The minimum absolute atomic E-state index is 0. The summed E-state index contributed by atoms with van der Waals surface area (Å²) in [6, 6.07) is 12.7. The summed E-state index contributed by atoms with van der Waals surface area (Å²) in [5.41, 5.74) is 4.21. The van der Waals surface area contributed by atoms with Crippen molar-refractivity contribution in [1.29, 1.82) is 0 Å². The summed E-state index contributed by atoms with van der Waals surface area (Å²) in [5, 5.41) is 12.4. The van der Waals surface area contributed by atoms with Crippen LogP contribution in [0.15, 0.2) is 42.5 Å². The molecule has 40 heavy (non-hydrogen) atoms. The van der Waals surface area contributed by atoms with Crippen LogP contribution in [0.1, 0.15) is 81.7 Å². The Kier molecular flexibility index (Phi) is 15.4. The molecule has 1 fully saturated rings. The largest absolute Gasteiger partial charge is 1.00 e. The molecule has 2 aromatic carbocycles. The fraction of sp³-hybridized carbons (Fsp3) is 0.562. The second kappa shape index (κ2) is 17.9. The Bertz CT molecular complexity index is 1080. The minimum Gasteiger partial charge on any atom is -1.00 e. The topological polar surface area (TPSA) is 84.9 Å². The first-order chi connectivity index (χ1) is 18.8. The summed E-state index contributed by atoms with van der Waals surface area (Å²) in [5.74, 6) is -0.0654. The third-order valence-corrected chi connectivity index (χ3v) is 8.04. The van der Waals surface area contributed by atoms with E-state index < -0.39 is 12.0 Å². The summed E-state index contributed by atoms with van der Waals surface area (Å²) in [6.45, 7) is 7.11. The number of rotatable bonds is 15. The molecule has 216 valence electrons. The number of benzene rings is 2. The number of amides is 1. The number of ether oxygens (including phenoxy) is 2. The van der Waals surface area contributed by atoms with Crippen LogP contribution < -0.4 is 24.2 Å². The number of carboxylic acids is 1. The number of aryl methyl sites for hydroxylation is 1. The molecular weight excluding hydrogens is 517 g/mol. The smallest absolute Gasteiger partial charge is 1.00 e. The molecule has 8 heteroatoms. The van der Waals surface area contributed by atoms with Gasteiger partial charge in [-0.15, -0.1) is 0 Å². The number of carbonyl (C=O) groups excluding carboxylic acids is 1. The van der Waals surface area contributed by atoms with Crippen LogP contribution in [0.3, 0.4) is 0 Å². The van der Waals surface area contributed by atoms with Crippen molar-refractivity contribution in [2.75, 3.05) is 18.6 Å². The zero-order chi connectivity index (χ0) is 28.2. The quantitative estimate of drug-likeness (QED) is 0.319. The summed E-state index contributed by atoms with van der Waals surface area (Å²) in [4.78, 5) is 25.1.